The van der Waals surface area contributed by atoms with Crippen molar-refractivity contribution in [2.75, 3.05) is 27.2 Å². The zero-order valence-electron chi connectivity index (χ0n) is 11.4. The first-order valence-electron chi connectivity index (χ1n) is 6.48. The molecule has 0 fully saturated rings. The maximum atomic E-state index is 8.65. The standard InChI is InChI=1S/C8H20N2.C6H6O2/c1-9-7-5-3-4-6-8-10-2;7-5-2-1-3-6(8)4-5/h9-10H,3-8H2,1-2H3;1-4,7-8H. The molecule has 0 aliphatic carbocycles. The molecule has 0 aromatic heterocycles. The van der Waals surface area contributed by atoms with Crippen LogP contribution in [-0.2, 0) is 0 Å². The minimum Gasteiger partial charge on any atom is -0.508 e. The highest BCUT2D eigenvalue weighted by atomic mass is 16.3. The van der Waals surface area contributed by atoms with Gasteiger partial charge in [-0.3, -0.25) is 0 Å². The van der Waals surface area contributed by atoms with Gasteiger partial charge in [-0.1, -0.05) is 18.9 Å². The van der Waals surface area contributed by atoms with Gasteiger partial charge in [0.05, 0.1) is 0 Å². The van der Waals surface area contributed by atoms with Gasteiger partial charge in [0, 0.05) is 6.07 Å². The molecule has 4 N–H and O–H groups in total. The second-order valence-electron chi connectivity index (χ2n) is 4.14. The van der Waals surface area contributed by atoms with Crippen molar-refractivity contribution in [3.8, 4) is 11.5 Å². The Labute approximate surface area is 110 Å². The average molecular weight is 254 g/mol. The summed E-state index contributed by atoms with van der Waals surface area (Å²) < 4.78 is 0. The molecule has 0 atom stereocenters. The summed E-state index contributed by atoms with van der Waals surface area (Å²) in [6.45, 7) is 2.33. The van der Waals surface area contributed by atoms with E-state index in [0.717, 1.165) is 0 Å². The fourth-order valence-corrected chi connectivity index (χ4v) is 1.45. The second kappa shape index (κ2) is 12.2. The third kappa shape index (κ3) is 11.2. The molecule has 0 spiro atoms. The molecule has 0 aliphatic rings. The predicted molar refractivity (Wildman–Crippen MR) is 76.1 cm³/mol. The Hall–Kier alpha value is -1.26. The van der Waals surface area contributed by atoms with Crippen LogP contribution >= 0.6 is 0 Å². The first kappa shape index (κ1) is 16.7. The van der Waals surface area contributed by atoms with Gasteiger partial charge in [-0.25, -0.2) is 0 Å². The lowest BCUT2D eigenvalue weighted by Crippen LogP contribution is -2.09. The zero-order valence-corrected chi connectivity index (χ0v) is 11.4. The highest BCUT2D eigenvalue weighted by molar-refractivity contribution is 5.30. The van der Waals surface area contributed by atoms with E-state index in [1.807, 2.05) is 14.1 Å². The third-order valence-electron chi connectivity index (χ3n) is 2.43. The number of hydrogen-bond donors (Lipinski definition) is 4. The monoisotopic (exact) mass is 254 g/mol. The number of benzene rings is 1. The van der Waals surface area contributed by atoms with Crippen LogP contribution in [0.4, 0.5) is 0 Å². The van der Waals surface area contributed by atoms with E-state index in [4.69, 9.17) is 10.2 Å². The summed E-state index contributed by atoms with van der Waals surface area (Å²) in [6, 6.07) is 5.85. The molecule has 1 aromatic rings. The van der Waals surface area contributed by atoms with Crippen molar-refractivity contribution in [1.29, 1.82) is 0 Å². The third-order valence-corrected chi connectivity index (χ3v) is 2.43. The van der Waals surface area contributed by atoms with Crippen molar-refractivity contribution in [3.05, 3.63) is 24.3 Å². The lowest BCUT2D eigenvalue weighted by Gasteiger charge is -1.99. The van der Waals surface area contributed by atoms with Gasteiger partial charge in [0.15, 0.2) is 0 Å². The maximum Gasteiger partial charge on any atom is 0.119 e. The number of nitrogens with one attached hydrogen (secondary N) is 2. The van der Waals surface area contributed by atoms with E-state index in [1.54, 1.807) is 6.07 Å². The molecule has 0 saturated heterocycles. The Morgan fingerprint density at radius 3 is 1.56 bits per heavy atom. The molecule has 4 nitrogen and oxygen atoms in total. The van der Waals surface area contributed by atoms with Gasteiger partial charge in [0.2, 0.25) is 0 Å². The molecule has 0 saturated carbocycles. The Morgan fingerprint density at radius 2 is 1.28 bits per heavy atom. The Morgan fingerprint density at radius 1 is 0.833 bits per heavy atom. The predicted octanol–water partition coefficient (Wildman–Crippen LogP) is 2.08. The first-order valence-corrected chi connectivity index (χ1v) is 6.48. The van der Waals surface area contributed by atoms with Gasteiger partial charge >= 0.3 is 0 Å². The molecule has 0 radical (unpaired) electrons. The minimum absolute atomic E-state index is 0.0880. The average Bonchev–Trinajstić information content (AvgIpc) is 2.34. The Bertz CT molecular complexity index is 268. The fraction of sp³-hybridized carbons (Fsp3) is 0.571. The molecule has 4 heteroatoms. The van der Waals surface area contributed by atoms with Gasteiger partial charge in [-0.15, -0.1) is 0 Å². The SMILES string of the molecule is CNCCCCCCNC.Oc1cccc(O)c1. The molecule has 1 aromatic carbocycles. The van der Waals surface area contributed by atoms with E-state index >= 15 is 0 Å². The molecule has 0 unspecified atom stereocenters. The molecular formula is C14H26N2O2. The Balaban J connectivity index is 0.000000327. The smallest absolute Gasteiger partial charge is 0.119 e. The summed E-state index contributed by atoms with van der Waals surface area (Å²) in [5.74, 6) is 0.176. The first-order chi connectivity index (χ1) is 8.70. The minimum atomic E-state index is 0.0880. The second-order valence-corrected chi connectivity index (χ2v) is 4.14. The number of rotatable bonds is 7. The van der Waals surface area contributed by atoms with Gasteiger partial charge < -0.3 is 20.8 Å². The number of aromatic hydroxyl groups is 2. The highest BCUT2D eigenvalue weighted by Gasteiger charge is 1.87. The lowest BCUT2D eigenvalue weighted by molar-refractivity contribution is 0.450. The molecular weight excluding hydrogens is 228 g/mol. The van der Waals surface area contributed by atoms with Crippen LogP contribution in [0.25, 0.3) is 0 Å². The lowest BCUT2D eigenvalue weighted by atomic mass is 10.2. The number of phenols is 2. The molecule has 1 rings (SSSR count). The van der Waals surface area contributed by atoms with Gasteiger partial charge in [0.1, 0.15) is 11.5 Å². The summed E-state index contributed by atoms with van der Waals surface area (Å²) in [5.41, 5.74) is 0. The molecule has 18 heavy (non-hydrogen) atoms. The summed E-state index contributed by atoms with van der Waals surface area (Å²) >= 11 is 0. The fourth-order valence-electron chi connectivity index (χ4n) is 1.45. The van der Waals surface area contributed by atoms with E-state index in [-0.39, 0.29) is 11.5 Å². The van der Waals surface area contributed by atoms with E-state index in [0.29, 0.717) is 0 Å². The van der Waals surface area contributed by atoms with Crippen LogP contribution in [0.1, 0.15) is 25.7 Å². The van der Waals surface area contributed by atoms with E-state index < -0.39 is 0 Å². The quantitative estimate of drug-likeness (QED) is 0.563. The van der Waals surface area contributed by atoms with E-state index in [9.17, 15) is 0 Å². The van der Waals surface area contributed by atoms with Crippen LogP contribution in [0.15, 0.2) is 24.3 Å². The number of hydrogen-bond acceptors (Lipinski definition) is 4. The molecule has 104 valence electrons. The van der Waals surface area contributed by atoms with Crippen LogP contribution in [-0.4, -0.2) is 37.4 Å². The van der Waals surface area contributed by atoms with Crippen molar-refractivity contribution in [3.63, 3.8) is 0 Å². The van der Waals surface area contributed by atoms with Crippen LogP contribution in [0.2, 0.25) is 0 Å². The summed E-state index contributed by atoms with van der Waals surface area (Å²) in [7, 11) is 4.02. The van der Waals surface area contributed by atoms with Crippen LogP contribution < -0.4 is 10.6 Å². The maximum absolute atomic E-state index is 8.65. The summed E-state index contributed by atoms with van der Waals surface area (Å²) in [6.07, 6.45) is 5.37. The molecule has 0 bridgehead atoms. The van der Waals surface area contributed by atoms with Gasteiger partial charge in [-0.2, -0.15) is 0 Å². The molecule has 0 amide bonds. The van der Waals surface area contributed by atoms with E-state index in [1.165, 1.54) is 57.0 Å². The number of phenolic OH excluding ortho intramolecular Hbond substituents is 2. The summed E-state index contributed by atoms with van der Waals surface area (Å²) in [5, 5.41) is 23.6. The summed E-state index contributed by atoms with van der Waals surface area (Å²) in [4.78, 5) is 0. The zero-order chi connectivity index (χ0) is 13.6. The molecule has 0 heterocycles. The van der Waals surface area contributed by atoms with Crippen molar-refractivity contribution >= 4 is 0 Å². The van der Waals surface area contributed by atoms with Crippen molar-refractivity contribution in [2.45, 2.75) is 25.7 Å². The van der Waals surface area contributed by atoms with Gasteiger partial charge in [-0.05, 0) is 52.2 Å². The normalized spacial score (nSPS) is 9.67. The highest BCUT2D eigenvalue weighted by Crippen LogP contribution is 2.14. The van der Waals surface area contributed by atoms with Gasteiger partial charge in [0.25, 0.3) is 0 Å². The van der Waals surface area contributed by atoms with Crippen molar-refractivity contribution in [1.82, 2.24) is 10.6 Å². The topological polar surface area (TPSA) is 64.5 Å². The van der Waals surface area contributed by atoms with Crippen LogP contribution in [0, 0.1) is 0 Å². The van der Waals surface area contributed by atoms with E-state index in [2.05, 4.69) is 10.6 Å². The Kier molecular flexibility index (Phi) is 11.3. The van der Waals surface area contributed by atoms with Crippen molar-refractivity contribution < 1.29 is 10.2 Å². The number of unbranched alkanes of at least 4 members (excludes halogenated alkanes) is 3. The van der Waals surface area contributed by atoms with Crippen molar-refractivity contribution in [2.24, 2.45) is 0 Å². The largest absolute Gasteiger partial charge is 0.508 e. The van der Waals surface area contributed by atoms with Crippen LogP contribution in [0.3, 0.4) is 0 Å². The van der Waals surface area contributed by atoms with Crippen LogP contribution in [0.5, 0.6) is 11.5 Å². The molecule has 0 aliphatic heterocycles.